The van der Waals surface area contributed by atoms with E-state index in [1.54, 1.807) is 19.1 Å². The maximum absolute atomic E-state index is 10.7. The number of amides is 1. The second-order valence-electron chi connectivity index (χ2n) is 2.80. The molecule has 0 fully saturated rings. The third-order valence-corrected chi connectivity index (χ3v) is 1.70. The lowest BCUT2D eigenvalue weighted by Gasteiger charge is -2.00. The zero-order valence-electron chi connectivity index (χ0n) is 7.28. The molecule has 1 rings (SSSR count). The Morgan fingerprint density at radius 1 is 1.77 bits per heavy atom. The number of nitrogens with two attached hydrogens (primary N) is 1. The Morgan fingerprint density at radius 3 is 2.85 bits per heavy atom. The molecule has 1 amide bonds. The third kappa shape index (κ3) is 2.34. The second-order valence-corrected chi connectivity index (χ2v) is 2.80. The minimum absolute atomic E-state index is 0.250. The maximum Gasteiger partial charge on any atom is 0.235 e. The topological polar surface area (TPSA) is 80.0 Å². The summed E-state index contributed by atoms with van der Waals surface area (Å²) in [6, 6.07) is 5.35. The summed E-state index contributed by atoms with van der Waals surface area (Å²) in [6.45, 7) is 1.80. The number of nitriles is 1. The van der Waals surface area contributed by atoms with Crippen molar-refractivity contribution in [2.45, 2.75) is 13.3 Å². The van der Waals surface area contributed by atoms with Crippen LogP contribution >= 0.6 is 0 Å². The number of primary amides is 1. The van der Waals surface area contributed by atoms with Gasteiger partial charge in [-0.25, -0.2) is 0 Å². The fourth-order valence-electron chi connectivity index (χ4n) is 1.01. The highest BCUT2D eigenvalue weighted by atomic mass is 16.3. The van der Waals surface area contributed by atoms with Crippen LogP contribution in [0.2, 0.25) is 0 Å². The summed E-state index contributed by atoms with van der Waals surface area (Å²) < 4.78 is 5.21. The lowest BCUT2D eigenvalue weighted by atomic mass is 10.1. The van der Waals surface area contributed by atoms with Crippen LogP contribution in [0.1, 0.15) is 11.5 Å². The van der Waals surface area contributed by atoms with Crippen molar-refractivity contribution in [1.29, 1.82) is 5.26 Å². The number of aryl methyl sites for hydroxylation is 1. The van der Waals surface area contributed by atoms with Crippen molar-refractivity contribution in [1.82, 2.24) is 0 Å². The van der Waals surface area contributed by atoms with Gasteiger partial charge in [0, 0.05) is 6.42 Å². The molecule has 0 radical (unpaired) electrons. The van der Waals surface area contributed by atoms with E-state index < -0.39 is 11.8 Å². The van der Waals surface area contributed by atoms with E-state index in [4.69, 9.17) is 15.4 Å². The van der Waals surface area contributed by atoms with Gasteiger partial charge in [-0.15, -0.1) is 0 Å². The van der Waals surface area contributed by atoms with Gasteiger partial charge in [0.05, 0.1) is 6.07 Å². The first-order valence-corrected chi connectivity index (χ1v) is 3.87. The van der Waals surface area contributed by atoms with Gasteiger partial charge in [0.15, 0.2) is 0 Å². The lowest BCUT2D eigenvalue weighted by molar-refractivity contribution is -0.120. The van der Waals surface area contributed by atoms with Gasteiger partial charge < -0.3 is 10.2 Å². The zero-order chi connectivity index (χ0) is 9.84. The summed E-state index contributed by atoms with van der Waals surface area (Å²) in [7, 11) is 0. The van der Waals surface area contributed by atoms with Crippen LogP contribution in [0.4, 0.5) is 0 Å². The fourth-order valence-corrected chi connectivity index (χ4v) is 1.01. The number of hydrogen-bond donors (Lipinski definition) is 1. The number of furan rings is 1. The predicted octanol–water partition coefficient (Wildman–Crippen LogP) is 0.756. The highest BCUT2D eigenvalue weighted by Gasteiger charge is 2.16. The molecule has 1 aromatic heterocycles. The molecule has 0 spiro atoms. The van der Waals surface area contributed by atoms with E-state index in [1.165, 1.54) is 0 Å². The average Bonchev–Trinajstić information content (AvgIpc) is 2.46. The molecule has 0 saturated carbocycles. The molecule has 0 saturated heterocycles. The Kier molecular flexibility index (Phi) is 2.70. The summed E-state index contributed by atoms with van der Waals surface area (Å²) in [4.78, 5) is 10.7. The van der Waals surface area contributed by atoms with Gasteiger partial charge in [-0.05, 0) is 19.1 Å². The van der Waals surface area contributed by atoms with Crippen LogP contribution in [-0.2, 0) is 11.2 Å². The van der Waals surface area contributed by atoms with Crippen molar-refractivity contribution in [2.24, 2.45) is 11.7 Å². The summed E-state index contributed by atoms with van der Waals surface area (Å²) in [5, 5.41) is 8.57. The molecule has 0 aliphatic heterocycles. The highest BCUT2D eigenvalue weighted by molar-refractivity contribution is 5.79. The zero-order valence-corrected chi connectivity index (χ0v) is 7.28. The molecule has 13 heavy (non-hydrogen) atoms. The standard InChI is InChI=1S/C9H10N2O2/c1-6-2-3-8(13-6)4-7(5-10)9(11)12/h2-3,7H,4H2,1H3,(H2,11,12). The quantitative estimate of drug-likeness (QED) is 0.741. The predicted molar refractivity (Wildman–Crippen MR) is 45.4 cm³/mol. The van der Waals surface area contributed by atoms with Crippen LogP contribution in [-0.4, -0.2) is 5.91 Å². The van der Waals surface area contributed by atoms with Crippen LogP contribution in [0.5, 0.6) is 0 Å². The lowest BCUT2D eigenvalue weighted by Crippen LogP contribution is -2.23. The molecular formula is C9H10N2O2. The molecule has 0 aromatic carbocycles. The van der Waals surface area contributed by atoms with Gasteiger partial charge in [0.1, 0.15) is 17.4 Å². The molecule has 0 aliphatic carbocycles. The van der Waals surface area contributed by atoms with Gasteiger partial charge in [0.2, 0.25) is 5.91 Å². The van der Waals surface area contributed by atoms with Gasteiger partial charge in [-0.2, -0.15) is 5.26 Å². The summed E-state index contributed by atoms with van der Waals surface area (Å²) in [5.74, 6) is -0.0406. The van der Waals surface area contributed by atoms with Gasteiger partial charge in [-0.1, -0.05) is 0 Å². The number of nitrogens with zero attached hydrogens (tertiary/aromatic N) is 1. The van der Waals surface area contributed by atoms with Gasteiger partial charge >= 0.3 is 0 Å². The Morgan fingerprint density at radius 2 is 2.46 bits per heavy atom. The minimum atomic E-state index is -0.800. The van der Waals surface area contributed by atoms with Crippen LogP contribution in [0.3, 0.4) is 0 Å². The minimum Gasteiger partial charge on any atom is -0.466 e. The largest absolute Gasteiger partial charge is 0.466 e. The smallest absolute Gasteiger partial charge is 0.235 e. The molecule has 4 heteroatoms. The third-order valence-electron chi connectivity index (χ3n) is 1.70. The molecule has 1 atom stereocenters. The first-order chi connectivity index (χ1) is 6.13. The first kappa shape index (κ1) is 9.33. The van der Waals surface area contributed by atoms with Gasteiger partial charge in [0.25, 0.3) is 0 Å². The van der Waals surface area contributed by atoms with Crippen molar-refractivity contribution >= 4 is 5.91 Å². The summed E-state index contributed by atoms with van der Waals surface area (Å²) in [5.41, 5.74) is 5.00. The van der Waals surface area contributed by atoms with Crippen LogP contribution in [0.25, 0.3) is 0 Å². The molecule has 1 aromatic rings. The molecule has 1 unspecified atom stereocenters. The van der Waals surface area contributed by atoms with E-state index in [2.05, 4.69) is 0 Å². The average molecular weight is 178 g/mol. The van der Waals surface area contributed by atoms with Crippen molar-refractivity contribution in [3.63, 3.8) is 0 Å². The Bertz CT molecular complexity index is 349. The van der Waals surface area contributed by atoms with E-state index in [1.807, 2.05) is 6.07 Å². The van der Waals surface area contributed by atoms with E-state index in [9.17, 15) is 4.79 Å². The normalized spacial score (nSPS) is 12.0. The van der Waals surface area contributed by atoms with Crippen molar-refractivity contribution in [2.75, 3.05) is 0 Å². The molecule has 0 aliphatic rings. The van der Waals surface area contributed by atoms with Crippen molar-refractivity contribution < 1.29 is 9.21 Å². The number of rotatable bonds is 3. The van der Waals surface area contributed by atoms with Crippen molar-refractivity contribution in [3.8, 4) is 6.07 Å². The molecule has 1 heterocycles. The number of carbonyl (C=O) groups is 1. The van der Waals surface area contributed by atoms with Crippen LogP contribution < -0.4 is 5.73 Å². The van der Waals surface area contributed by atoms with Crippen LogP contribution in [0, 0.1) is 24.2 Å². The molecular weight excluding hydrogens is 168 g/mol. The second kappa shape index (κ2) is 3.76. The monoisotopic (exact) mass is 178 g/mol. The van der Waals surface area contributed by atoms with E-state index in [0.29, 0.717) is 5.76 Å². The van der Waals surface area contributed by atoms with Crippen molar-refractivity contribution in [3.05, 3.63) is 23.7 Å². The first-order valence-electron chi connectivity index (χ1n) is 3.87. The van der Waals surface area contributed by atoms with E-state index in [0.717, 1.165) is 5.76 Å². The highest BCUT2D eigenvalue weighted by Crippen LogP contribution is 2.11. The molecule has 68 valence electrons. The summed E-state index contributed by atoms with van der Waals surface area (Å²) in [6.07, 6.45) is 0.250. The Labute approximate surface area is 75.9 Å². The Hall–Kier alpha value is -1.76. The van der Waals surface area contributed by atoms with E-state index >= 15 is 0 Å². The number of hydrogen-bond acceptors (Lipinski definition) is 3. The molecule has 2 N–H and O–H groups in total. The SMILES string of the molecule is Cc1ccc(CC(C#N)C(N)=O)o1. The Balaban J connectivity index is 2.68. The number of carbonyl (C=O) groups excluding carboxylic acids is 1. The summed E-state index contributed by atoms with van der Waals surface area (Å²) >= 11 is 0. The molecule has 0 bridgehead atoms. The van der Waals surface area contributed by atoms with Crippen LogP contribution in [0.15, 0.2) is 16.5 Å². The maximum atomic E-state index is 10.7. The van der Waals surface area contributed by atoms with E-state index in [-0.39, 0.29) is 6.42 Å². The fraction of sp³-hybridized carbons (Fsp3) is 0.333. The molecule has 4 nitrogen and oxygen atoms in total. The van der Waals surface area contributed by atoms with Gasteiger partial charge in [-0.3, -0.25) is 4.79 Å².